The van der Waals surface area contributed by atoms with Crippen LogP contribution in [0.25, 0.3) is 11.1 Å². The van der Waals surface area contributed by atoms with Gasteiger partial charge in [0.25, 0.3) is 0 Å². The zero-order chi connectivity index (χ0) is 11.7. The summed E-state index contributed by atoms with van der Waals surface area (Å²) >= 11 is 1.12. The molecule has 0 atom stereocenters. The third-order valence-corrected chi connectivity index (χ3v) is 3.11. The first kappa shape index (κ1) is 13.5. The van der Waals surface area contributed by atoms with Crippen LogP contribution in [0.4, 0.5) is 5.69 Å². The number of phenols is 1. The largest absolute Gasteiger partial charge is 0.505 e. The van der Waals surface area contributed by atoms with Crippen molar-refractivity contribution in [2.24, 2.45) is 0 Å². The second-order valence-corrected chi connectivity index (χ2v) is 4.16. The van der Waals surface area contributed by atoms with E-state index < -0.39 is 5.97 Å². The van der Waals surface area contributed by atoms with Crippen LogP contribution in [0, 0.1) is 0 Å². The summed E-state index contributed by atoms with van der Waals surface area (Å²) in [4.78, 5) is 11.0. The average Bonchev–Trinajstić information content (AvgIpc) is 2.71. The van der Waals surface area contributed by atoms with Crippen molar-refractivity contribution in [1.82, 2.24) is 0 Å². The maximum atomic E-state index is 10.7. The Morgan fingerprint density at radius 3 is 2.65 bits per heavy atom. The molecule has 4 nitrogen and oxygen atoms in total. The third-order valence-electron chi connectivity index (χ3n) is 2.19. The minimum Gasteiger partial charge on any atom is -0.505 e. The first-order valence-corrected chi connectivity index (χ1v) is 5.37. The van der Waals surface area contributed by atoms with Crippen molar-refractivity contribution in [2.45, 2.75) is 0 Å². The van der Waals surface area contributed by atoms with Gasteiger partial charge in [-0.25, -0.2) is 4.79 Å². The summed E-state index contributed by atoms with van der Waals surface area (Å²) in [7, 11) is 0. The number of carboxylic acid groups (broad SMARTS) is 1. The van der Waals surface area contributed by atoms with Gasteiger partial charge in [0.15, 0.2) is 0 Å². The Kier molecular flexibility index (Phi) is 4.14. The molecule has 1 heterocycles. The van der Waals surface area contributed by atoms with Crippen molar-refractivity contribution in [3.8, 4) is 16.9 Å². The number of aromatic carboxylic acids is 1. The number of para-hydroxylation sites is 1. The molecule has 0 amide bonds. The average molecular weight is 316 g/mol. The van der Waals surface area contributed by atoms with Gasteiger partial charge < -0.3 is 15.9 Å². The Labute approximate surface area is 112 Å². The van der Waals surface area contributed by atoms with Gasteiger partial charge in [0.2, 0.25) is 0 Å². The number of phenolic OH excluding ortho intramolecular Hbond substituents is 1. The molecule has 0 bridgehead atoms. The van der Waals surface area contributed by atoms with Crippen molar-refractivity contribution in [2.75, 3.05) is 5.73 Å². The summed E-state index contributed by atoms with van der Waals surface area (Å²) in [5.41, 5.74) is 7.04. The maximum Gasteiger partial charge on any atom is 0.345 e. The van der Waals surface area contributed by atoms with E-state index in [1.807, 2.05) is 0 Å². The quantitative estimate of drug-likeness (QED) is 0.587. The monoisotopic (exact) mass is 315 g/mol. The molecule has 17 heavy (non-hydrogen) atoms. The van der Waals surface area contributed by atoms with Gasteiger partial charge in [-0.1, -0.05) is 12.1 Å². The number of anilines is 1. The van der Waals surface area contributed by atoms with Crippen LogP contribution in [-0.2, 0) is 0 Å². The van der Waals surface area contributed by atoms with E-state index in [0.717, 1.165) is 11.3 Å². The Bertz CT molecular complexity index is 553. The highest BCUT2D eigenvalue weighted by Gasteiger charge is 2.11. The first-order chi connectivity index (χ1) is 7.59. The van der Waals surface area contributed by atoms with Crippen molar-refractivity contribution in [3.63, 3.8) is 0 Å². The summed E-state index contributed by atoms with van der Waals surface area (Å²) in [6.45, 7) is 0. The van der Waals surface area contributed by atoms with Crippen molar-refractivity contribution < 1.29 is 15.0 Å². The molecular weight excluding hydrogens is 306 g/mol. The molecule has 0 radical (unpaired) electrons. The lowest BCUT2D eigenvalue weighted by atomic mass is 10.1. The lowest BCUT2D eigenvalue weighted by Gasteiger charge is -2.04. The fourth-order valence-corrected chi connectivity index (χ4v) is 2.13. The van der Waals surface area contributed by atoms with E-state index in [0.29, 0.717) is 11.1 Å². The van der Waals surface area contributed by atoms with Gasteiger partial charge >= 0.3 is 5.97 Å². The Hall–Kier alpha value is -1.53. The summed E-state index contributed by atoms with van der Waals surface area (Å²) in [6, 6.07) is 6.51. The van der Waals surface area contributed by atoms with Gasteiger partial charge in [-0.15, -0.1) is 28.3 Å². The van der Waals surface area contributed by atoms with Gasteiger partial charge in [-0.05, 0) is 23.1 Å². The van der Waals surface area contributed by atoms with Gasteiger partial charge in [0.05, 0.1) is 5.69 Å². The summed E-state index contributed by atoms with van der Waals surface area (Å²) < 4.78 is 0. The number of benzene rings is 1. The van der Waals surface area contributed by atoms with Gasteiger partial charge in [-0.3, -0.25) is 0 Å². The van der Waals surface area contributed by atoms with Gasteiger partial charge in [0.1, 0.15) is 10.6 Å². The Morgan fingerprint density at radius 2 is 2.06 bits per heavy atom. The molecule has 1 aromatic heterocycles. The number of halogens is 1. The third kappa shape index (κ3) is 2.59. The highest BCUT2D eigenvalue weighted by Crippen LogP contribution is 2.35. The number of nitrogens with two attached hydrogens (primary N) is 1. The molecule has 0 saturated carbocycles. The SMILES string of the molecule is Br.Nc1cccc(-c2csc(C(=O)O)c2)c1O. The number of rotatable bonds is 2. The summed E-state index contributed by atoms with van der Waals surface area (Å²) in [6.07, 6.45) is 0. The molecule has 1 aromatic carbocycles. The van der Waals surface area contributed by atoms with Gasteiger partial charge in [0, 0.05) is 5.56 Å². The van der Waals surface area contributed by atoms with E-state index in [-0.39, 0.29) is 33.3 Å². The van der Waals surface area contributed by atoms with Crippen LogP contribution < -0.4 is 5.73 Å². The van der Waals surface area contributed by atoms with Crippen LogP contribution in [0.2, 0.25) is 0 Å². The van der Waals surface area contributed by atoms with Gasteiger partial charge in [-0.2, -0.15) is 0 Å². The lowest BCUT2D eigenvalue weighted by molar-refractivity contribution is 0.0702. The van der Waals surface area contributed by atoms with E-state index in [1.54, 1.807) is 23.6 Å². The van der Waals surface area contributed by atoms with E-state index in [1.165, 1.54) is 6.07 Å². The van der Waals surface area contributed by atoms with Crippen molar-refractivity contribution >= 4 is 40.0 Å². The molecule has 90 valence electrons. The lowest BCUT2D eigenvalue weighted by Crippen LogP contribution is -1.90. The number of aromatic hydroxyl groups is 1. The molecule has 2 rings (SSSR count). The molecule has 0 unspecified atom stereocenters. The first-order valence-electron chi connectivity index (χ1n) is 4.49. The molecule has 0 spiro atoms. The van der Waals surface area contributed by atoms with E-state index in [2.05, 4.69) is 0 Å². The van der Waals surface area contributed by atoms with E-state index in [9.17, 15) is 9.90 Å². The zero-order valence-corrected chi connectivity index (χ0v) is 11.1. The molecule has 0 aliphatic rings. The standard InChI is InChI=1S/C11H9NO3S.BrH/c12-8-3-1-2-7(10(8)13)6-4-9(11(14)15)16-5-6;/h1-5,13H,12H2,(H,14,15);1H. The molecule has 0 fully saturated rings. The molecule has 6 heteroatoms. The number of hydrogen-bond acceptors (Lipinski definition) is 4. The van der Waals surface area contributed by atoms with Crippen molar-refractivity contribution in [3.05, 3.63) is 34.5 Å². The smallest absolute Gasteiger partial charge is 0.345 e. The Morgan fingerprint density at radius 1 is 1.35 bits per heavy atom. The van der Waals surface area contributed by atoms with Crippen LogP contribution in [0.5, 0.6) is 5.75 Å². The fourth-order valence-electron chi connectivity index (χ4n) is 1.38. The molecule has 0 saturated heterocycles. The number of carboxylic acids is 1. The Balaban J connectivity index is 0.00000144. The summed E-state index contributed by atoms with van der Waals surface area (Å²) in [5.74, 6) is -0.989. The predicted molar refractivity (Wildman–Crippen MR) is 73.1 cm³/mol. The highest BCUT2D eigenvalue weighted by molar-refractivity contribution is 8.93. The molecule has 4 N–H and O–H groups in total. The van der Waals surface area contributed by atoms with Crippen molar-refractivity contribution in [1.29, 1.82) is 0 Å². The fraction of sp³-hybridized carbons (Fsp3) is 0. The van der Waals surface area contributed by atoms with Crippen LogP contribution in [0.3, 0.4) is 0 Å². The van der Waals surface area contributed by atoms with Crippen LogP contribution in [-0.4, -0.2) is 16.2 Å². The highest BCUT2D eigenvalue weighted by atomic mass is 79.9. The minimum atomic E-state index is -0.973. The van der Waals surface area contributed by atoms with E-state index >= 15 is 0 Å². The normalized spacial score (nSPS) is 9.65. The number of thiophene rings is 1. The topological polar surface area (TPSA) is 83.6 Å². The molecule has 0 aliphatic carbocycles. The summed E-state index contributed by atoms with van der Waals surface area (Å²) in [5, 5.41) is 20.2. The van der Waals surface area contributed by atoms with Crippen LogP contribution >= 0.6 is 28.3 Å². The second-order valence-electron chi connectivity index (χ2n) is 3.25. The maximum absolute atomic E-state index is 10.7. The van der Waals surface area contributed by atoms with Crippen LogP contribution in [0.15, 0.2) is 29.6 Å². The van der Waals surface area contributed by atoms with E-state index in [4.69, 9.17) is 10.8 Å². The van der Waals surface area contributed by atoms with Crippen LogP contribution in [0.1, 0.15) is 9.67 Å². The minimum absolute atomic E-state index is 0. The second kappa shape index (κ2) is 5.20. The number of hydrogen-bond donors (Lipinski definition) is 3. The molecule has 0 aliphatic heterocycles. The zero-order valence-electron chi connectivity index (χ0n) is 8.58. The predicted octanol–water partition coefficient (Wildman–Crippen LogP) is 2.98. The number of carbonyl (C=O) groups is 1. The number of nitrogen functional groups attached to an aromatic ring is 1. The molecular formula is C11H10BrNO3S. The molecule has 2 aromatic rings.